The molecule has 0 saturated heterocycles. The molecule has 1 atom stereocenters. The number of hydrogen-bond donors (Lipinski definition) is 0. The van der Waals surface area contributed by atoms with Gasteiger partial charge in [0.1, 0.15) is 6.17 Å². The fourth-order valence-electron chi connectivity index (χ4n) is 6.31. The monoisotopic (exact) mass is 446 g/mol. The Kier molecular flexibility index (Phi) is 4.31. The van der Waals surface area contributed by atoms with Crippen molar-refractivity contribution >= 4 is 27.8 Å². The maximum Gasteiger partial charge on any atom is 0.103 e. The number of hydrogen-bond acceptors (Lipinski definition) is 2. The molecule has 0 amide bonds. The number of para-hydroxylation sites is 2. The minimum absolute atomic E-state index is 0.00635. The molecule has 172 valence electrons. The van der Waals surface area contributed by atoms with Crippen LogP contribution in [0, 0.1) is 6.92 Å². The van der Waals surface area contributed by atoms with Crippen LogP contribution in [-0.2, 0) is 10.8 Å². The summed E-state index contributed by atoms with van der Waals surface area (Å²) >= 11 is 0. The first-order chi connectivity index (χ1) is 16.1. The van der Waals surface area contributed by atoms with Crippen molar-refractivity contribution < 1.29 is 0 Å². The van der Waals surface area contributed by atoms with Gasteiger partial charge in [0.25, 0.3) is 0 Å². The first-order valence-electron chi connectivity index (χ1n) is 12.4. The lowest BCUT2D eigenvalue weighted by Crippen LogP contribution is -2.44. The number of benzene rings is 4. The molecule has 2 aliphatic rings. The Labute approximate surface area is 203 Å². The molecule has 0 spiro atoms. The van der Waals surface area contributed by atoms with Crippen LogP contribution in [0.5, 0.6) is 0 Å². The molecule has 1 aliphatic heterocycles. The zero-order chi connectivity index (χ0) is 24.0. The number of aryl methyl sites for hydroxylation is 1. The Morgan fingerprint density at radius 3 is 2.12 bits per heavy atom. The van der Waals surface area contributed by atoms with Gasteiger partial charge in [-0.25, -0.2) is 0 Å². The molecular weight excluding hydrogens is 412 g/mol. The maximum absolute atomic E-state index is 2.52. The van der Waals surface area contributed by atoms with Gasteiger partial charge in [-0.3, -0.25) is 0 Å². The Morgan fingerprint density at radius 1 is 0.706 bits per heavy atom. The van der Waals surface area contributed by atoms with Crippen molar-refractivity contribution in [2.24, 2.45) is 0 Å². The van der Waals surface area contributed by atoms with E-state index in [1.807, 2.05) is 0 Å². The molecule has 1 aliphatic carbocycles. The van der Waals surface area contributed by atoms with Gasteiger partial charge in [-0.05, 0) is 81.5 Å². The van der Waals surface area contributed by atoms with Crippen molar-refractivity contribution in [1.29, 1.82) is 0 Å². The zero-order valence-corrected chi connectivity index (χ0v) is 21.4. The Morgan fingerprint density at radius 2 is 1.35 bits per heavy atom. The number of rotatable bonds is 1. The lowest BCUT2D eigenvalue weighted by atomic mass is 9.55. The largest absolute Gasteiger partial charge is 0.353 e. The van der Waals surface area contributed by atoms with Crippen molar-refractivity contribution in [2.75, 3.05) is 16.8 Å². The van der Waals surface area contributed by atoms with Crippen LogP contribution < -0.4 is 9.80 Å². The molecule has 34 heavy (non-hydrogen) atoms. The molecule has 4 aromatic carbocycles. The number of fused-ring (bicyclic) bond motifs is 6. The standard InChI is InChI=1S/C32H34N2/c1-20-18-26-24(19-29(20)34-21(2)33(7)27-14-10-11-15-28(27)34)30-23-13-9-8-12-22(23)16-17-25(30)31(3,4)32(26,5)6/h8-19,21H,1-7H3/t21-/m0/s1. The first kappa shape index (κ1) is 21.3. The molecule has 0 N–H and O–H groups in total. The predicted molar refractivity (Wildman–Crippen MR) is 147 cm³/mol. The summed E-state index contributed by atoms with van der Waals surface area (Å²) in [5.41, 5.74) is 10.9. The van der Waals surface area contributed by atoms with E-state index in [0.29, 0.717) is 0 Å². The van der Waals surface area contributed by atoms with Crippen LogP contribution in [0.4, 0.5) is 17.1 Å². The number of anilines is 3. The van der Waals surface area contributed by atoms with E-state index in [4.69, 9.17) is 0 Å². The lowest BCUT2D eigenvalue weighted by Gasteiger charge is -2.49. The van der Waals surface area contributed by atoms with E-state index in [2.05, 4.69) is 131 Å². The average molecular weight is 447 g/mol. The quantitative estimate of drug-likeness (QED) is 0.290. The van der Waals surface area contributed by atoms with Crippen LogP contribution >= 0.6 is 0 Å². The maximum atomic E-state index is 2.52. The summed E-state index contributed by atoms with van der Waals surface area (Å²) in [6, 6.07) is 27.3. The van der Waals surface area contributed by atoms with Gasteiger partial charge in [-0.2, -0.15) is 0 Å². The molecule has 4 aromatic rings. The van der Waals surface area contributed by atoms with Crippen molar-refractivity contribution in [3.63, 3.8) is 0 Å². The molecular formula is C32H34N2. The summed E-state index contributed by atoms with van der Waals surface area (Å²) in [6.07, 6.45) is 0.258. The summed E-state index contributed by atoms with van der Waals surface area (Å²) in [5.74, 6) is 0. The lowest BCUT2D eigenvalue weighted by molar-refractivity contribution is 0.299. The zero-order valence-electron chi connectivity index (χ0n) is 21.4. The Hall–Kier alpha value is -3.26. The van der Waals surface area contributed by atoms with Crippen LogP contribution in [0.1, 0.15) is 51.3 Å². The Balaban J connectivity index is 1.68. The second-order valence-electron chi connectivity index (χ2n) is 11.2. The summed E-state index contributed by atoms with van der Waals surface area (Å²) in [4.78, 5) is 4.90. The third-order valence-electron chi connectivity index (χ3n) is 9.16. The van der Waals surface area contributed by atoms with Crippen LogP contribution in [0.2, 0.25) is 0 Å². The summed E-state index contributed by atoms with van der Waals surface area (Å²) in [5, 5.41) is 2.66. The van der Waals surface area contributed by atoms with E-state index in [9.17, 15) is 0 Å². The van der Waals surface area contributed by atoms with Crippen molar-refractivity contribution in [3.8, 4) is 11.1 Å². The highest BCUT2D eigenvalue weighted by atomic mass is 15.4. The van der Waals surface area contributed by atoms with E-state index < -0.39 is 0 Å². The highest BCUT2D eigenvalue weighted by Crippen LogP contribution is 2.57. The highest BCUT2D eigenvalue weighted by Gasteiger charge is 2.47. The topological polar surface area (TPSA) is 6.48 Å². The normalized spacial score (nSPS) is 19.7. The molecule has 2 nitrogen and oxygen atoms in total. The van der Waals surface area contributed by atoms with E-state index in [-0.39, 0.29) is 17.0 Å². The third-order valence-corrected chi connectivity index (χ3v) is 9.16. The van der Waals surface area contributed by atoms with Gasteiger partial charge in [0.2, 0.25) is 0 Å². The van der Waals surface area contributed by atoms with Gasteiger partial charge in [-0.1, -0.05) is 82.3 Å². The first-order valence-corrected chi connectivity index (χ1v) is 12.4. The van der Waals surface area contributed by atoms with E-state index in [1.165, 1.54) is 55.7 Å². The van der Waals surface area contributed by atoms with Gasteiger partial charge >= 0.3 is 0 Å². The Bertz CT molecular complexity index is 1460. The van der Waals surface area contributed by atoms with Gasteiger partial charge in [0.15, 0.2) is 0 Å². The number of nitrogens with zero attached hydrogens (tertiary/aromatic N) is 2. The summed E-state index contributed by atoms with van der Waals surface area (Å²) in [7, 11) is 2.20. The van der Waals surface area contributed by atoms with Crippen LogP contribution in [-0.4, -0.2) is 13.2 Å². The van der Waals surface area contributed by atoms with Gasteiger partial charge in [0, 0.05) is 12.7 Å². The SMILES string of the molecule is Cc1cc2c(cc1N1c3ccccc3N(C)[C@@H]1C)-c1c(ccc3ccccc13)C(C)(C)C2(C)C. The molecule has 0 fully saturated rings. The van der Waals surface area contributed by atoms with E-state index in [0.717, 1.165) is 0 Å². The summed E-state index contributed by atoms with van der Waals surface area (Å²) < 4.78 is 0. The molecule has 0 unspecified atom stereocenters. The van der Waals surface area contributed by atoms with Crippen molar-refractivity contribution in [1.82, 2.24) is 0 Å². The van der Waals surface area contributed by atoms with Crippen LogP contribution in [0.25, 0.3) is 21.9 Å². The van der Waals surface area contributed by atoms with Crippen molar-refractivity contribution in [2.45, 2.75) is 58.5 Å². The minimum atomic E-state index is 0.00635. The van der Waals surface area contributed by atoms with Gasteiger partial charge in [-0.15, -0.1) is 0 Å². The summed E-state index contributed by atoms with van der Waals surface area (Å²) in [6.45, 7) is 14.3. The predicted octanol–water partition coefficient (Wildman–Crippen LogP) is 8.32. The molecule has 0 bridgehead atoms. The molecule has 1 heterocycles. The molecule has 2 heteroatoms. The molecule has 0 radical (unpaired) electrons. The van der Waals surface area contributed by atoms with Gasteiger partial charge < -0.3 is 9.80 Å². The van der Waals surface area contributed by atoms with Crippen LogP contribution in [0.3, 0.4) is 0 Å². The fourth-order valence-corrected chi connectivity index (χ4v) is 6.31. The van der Waals surface area contributed by atoms with Gasteiger partial charge in [0.05, 0.1) is 11.4 Å². The van der Waals surface area contributed by atoms with Crippen molar-refractivity contribution in [3.05, 3.63) is 89.5 Å². The average Bonchev–Trinajstić information content (AvgIpc) is 3.07. The van der Waals surface area contributed by atoms with E-state index in [1.54, 1.807) is 0 Å². The molecule has 0 saturated carbocycles. The highest BCUT2D eigenvalue weighted by molar-refractivity contribution is 6.02. The van der Waals surface area contributed by atoms with Crippen LogP contribution in [0.15, 0.2) is 72.8 Å². The fraction of sp³-hybridized carbons (Fsp3) is 0.312. The minimum Gasteiger partial charge on any atom is -0.353 e. The smallest absolute Gasteiger partial charge is 0.103 e. The molecule has 6 rings (SSSR count). The molecule has 0 aromatic heterocycles. The second kappa shape index (κ2) is 6.88. The third kappa shape index (κ3) is 2.57. The second-order valence-corrected chi connectivity index (χ2v) is 11.2. The van der Waals surface area contributed by atoms with E-state index >= 15 is 0 Å².